The Morgan fingerprint density at radius 2 is 2.27 bits per heavy atom. The van der Waals surface area contributed by atoms with Crippen molar-refractivity contribution in [3.63, 3.8) is 0 Å². The van der Waals surface area contributed by atoms with E-state index >= 15 is 0 Å². The molecule has 0 spiro atoms. The summed E-state index contributed by atoms with van der Waals surface area (Å²) in [4.78, 5) is 11.8. The number of nitrogens with one attached hydrogen (secondary N) is 1. The first kappa shape index (κ1) is 16.8. The highest BCUT2D eigenvalue weighted by Gasteiger charge is 2.10. The van der Waals surface area contributed by atoms with E-state index in [-0.39, 0.29) is 5.91 Å². The number of aromatic nitrogens is 3. The van der Waals surface area contributed by atoms with Crippen LogP contribution in [-0.2, 0) is 4.79 Å². The SMILES string of the molecule is CC(C)CCNC(=O)CSc1nncn1-c1cccc(Cl)c1. The molecule has 5 nitrogen and oxygen atoms in total. The highest BCUT2D eigenvalue weighted by Crippen LogP contribution is 2.21. The number of halogens is 1. The average Bonchev–Trinajstić information content (AvgIpc) is 2.93. The van der Waals surface area contributed by atoms with Crippen LogP contribution in [0.4, 0.5) is 0 Å². The molecule has 22 heavy (non-hydrogen) atoms. The fourth-order valence-corrected chi connectivity index (χ4v) is 2.75. The highest BCUT2D eigenvalue weighted by molar-refractivity contribution is 7.99. The van der Waals surface area contributed by atoms with E-state index in [1.165, 1.54) is 11.8 Å². The van der Waals surface area contributed by atoms with Crippen LogP contribution >= 0.6 is 23.4 Å². The number of carbonyl (C=O) groups is 1. The number of carbonyl (C=O) groups excluding carboxylic acids is 1. The van der Waals surface area contributed by atoms with E-state index in [0.29, 0.717) is 28.4 Å². The number of hydrogen-bond donors (Lipinski definition) is 1. The van der Waals surface area contributed by atoms with Gasteiger partial charge in [0.1, 0.15) is 6.33 Å². The molecular formula is C15H19ClN4OS. The Bertz CT molecular complexity index is 630. The maximum atomic E-state index is 11.8. The van der Waals surface area contributed by atoms with Gasteiger partial charge in [0.05, 0.1) is 11.4 Å². The molecule has 1 N–H and O–H groups in total. The summed E-state index contributed by atoms with van der Waals surface area (Å²) in [5.74, 6) is 0.905. The van der Waals surface area contributed by atoms with Crippen molar-refractivity contribution < 1.29 is 4.79 Å². The van der Waals surface area contributed by atoms with Crippen molar-refractivity contribution in [3.8, 4) is 5.69 Å². The molecule has 0 unspecified atom stereocenters. The fraction of sp³-hybridized carbons (Fsp3) is 0.400. The molecule has 0 atom stereocenters. The maximum Gasteiger partial charge on any atom is 0.230 e. The summed E-state index contributed by atoms with van der Waals surface area (Å²) in [5, 5.41) is 12.2. The minimum Gasteiger partial charge on any atom is -0.355 e. The molecule has 0 aliphatic rings. The van der Waals surface area contributed by atoms with Gasteiger partial charge in [0.15, 0.2) is 5.16 Å². The Kier molecular flexibility index (Phi) is 6.27. The van der Waals surface area contributed by atoms with Crippen LogP contribution in [0.3, 0.4) is 0 Å². The third-order valence-electron chi connectivity index (χ3n) is 2.98. The molecule has 2 rings (SSSR count). The van der Waals surface area contributed by atoms with Gasteiger partial charge < -0.3 is 5.32 Å². The van der Waals surface area contributed by atoms with E-state index in [0.717, 1.165) is 12.1 Å². The first-order valence-corrected chi connectivity index (χ1v) is 8.48. The number of amides is 1. The van der Waals surface area contributed by atoms with E-state index in [2.05, 4.69) is 29.4 Å². The van der Waals surface area contributed by atoms with Crippen molar-refractivity contribution in [1.29, 1.82) is 0 Å². The molecule has 0 saturated heterocycles. The van der Waals surface area contributed by atoms with Crippen molar-refractivity contribution >= 4 is 29.3 Å². The first-order chi connectivity index (χ1) is 10.6. The molecule has 0 fully saturated rings. The molecule has 1 aromatic carbocycles. The number of nitrogens with zero attached hydrogens (tertiary/aromatic N) is 3. The molecule has 1 heterocycles. The van der Waals surface area contributed by atoms with Gasteiger partial charge in [-0.1, -0.05) is 43.3 Å². The number of rotatable bonds is 7. The Hall–Kier alpha value is -1.53. The van der Waals surface area contributed by atoms with Crippen molar-refractivity contribution in [2.45, 2.75) is 25.4 Å². The largest absolute Gasteiger partial charge is 0.355 e. The zero-order valence-electron chi connectivity index (χ0n) is 12.6. The van der Waals surface area contributed by atoms with Crippen molar-refractivity contribution in [2.75, 3.05) is 12.3 Å². The van der Waals surface area contributed by atoms with Crippen LogP contribution in [0.5, 0.6) is 0 Å². The quantitative estimate of drug-likeness (QED) is 0.788. The van der Waals surface area contributed by atoms with Crippen LogP contribution in [0.1, 0.15) is 20.3 Å². The zero-order valence-corrected chi connectivity index (χ0v) is 14.2. The Labute approximate surface area is 139 Å². The predicted molar refractivity (Wildman–Crippen MR) is 89.6 cm³/mol. The lowest BCUT2D eigenvalue weighted by Crippen LogP contribution is -2.27. The Morgan fingerprint density at radius 1 is 1.45 bits per heavy atom. The summed E-state index contributed by atoms with van der Waals surface area (Å²) in [6, 6.07) is 7.43. The van der Waals surface area contributed by atoms with Gasteiger partial charge in [-0.25, -0.2) is 0 Å². The highest BCUT2D eigenvalue weighted by atomic mass is 35.5. The van der Waals surface area contributed by atoms with Crippen LogP contribution in [0.2, 0.25) is 5.02 Å². The lowest BCUT2D eigenvalue weighted by Gasteiger charge is -2.08. The van der Waals surface area contributed by atoms with Crippen LogP contribution in [0, 0.1) is 5.92 Å². The molecule has 0 bridgehead atoms. The zero-order chi connectivity index (χ0) is 15.9. The van der Waals surface area contributed by atoms with E-state index in [1.54, 1.807) is 6.33 Å². The molecule has 1 aromatic heterocycles. The van der Waals surface area contributed by atoms with Crippen molar-refractivity contribution in [1.82, 2.24) is 20.1 Å². The molecule has 1 amide bonds. The third-order valence-corrected chi connectivity index (χ3v) is 4.16. The summed E-state index contributed by atoms with van der Waals surface area (Å²) < 4.78 is 1.82. The molecule has 0 saturated carbocycles. The summed E-state index contributed by atoms with van der Waals surface area (Å²) in [5.41, 5.74) is 0.875. The van der Waals surface area contributed by atoms with Gasteiger partial charge in [-0.2, -0.15) is 0 Å². The van der Waals surface area contributed by atoms with E-state index < -0.39 is 0 Å². The fourth-order valence-electron chi connectivity index (χ4n) is 1.81. The topological polar surface area (TPSA) is 59.8 Å². The molecule has 0 aliphatic carbocycles. The van der Waals surface area contributed by atoms with Gasteiger partial charge in [0.2, 0.25) is 5.91 Å². The molecule has 2 aromatic rings. The van der Waals surface area contributed by atoms with Crippen LogP contribution in [0.25, 0.3) is 5.69 Å². The van der Waals surface area contributed by atoms with E-state index in [9.17, 15) is 4.79 Å². The lowest BCUT2D eigenvalue weighted by molar-refractivity contribution is -0.118. The van der Waals surface area contributed by atoms with Crippen LogP contribution in [-0.4, -0.2) is 33.0 Å². The Morgan fingerprint density at radius 3 is 3.00 bits per heavy atom. The monoisotopic (exact) mass is 338 g/mol. The number of benzene rings is 1. The van der Waals surface area contributed by atoms with Crippen molar-refractivity contribution in [2.24, 2.45) is 5.92 Å². The first-order valence-electron chi connectivity index (χ1n) is 7.11. The normalized spacial score (nSPS) is 10.9. The smallest absolute Gasteiger partial charge is 0.230 e. The summed E-state index contributed by atoms with van der Waals surface area (Å²) in [6.07, 6.45) is 2.60. The van der Waals surface area contributed by atoms with Crippen molar-refractivity contribution in [3.05, 3.63) is 35.6 Å². The van der Waals surface area contributed by atoms with E-state index in [4.69, 9.17) is 11.6 Å². The van der Waals surface area contributed by atoms with Gasteiger partial charge in [-0.3, -0.25) is 9.36 Å². The third kappa shape index (κ3) is 5.03. The molecule has 0 aliphatic heterocycles. The minimum absolute atomic E-state index is 0.00583. The van der Waals surface area contributed by atoms with Gasteiger partial charge in [-0.15, -0.1) is 10.2 Å². The van der Waals surface area contributed by atoms with Crippen LogP contribution in [0.15, 0.2) is 35.7 Å². The lowest BCUT2D eigenvalue weighted by atomic mass is 10.1. The second-order valence-corrected chi connectivity index (χ2v) is 6.66. The Balaban J connectivity index is 1.92. The molecule has 7 heteroatoms. The maximum absolute atomic E-state index is 11.8. The molecule has 0 radical (unpaired) electrons. The van der Waals surface area contributed by atoms with E-state index in [1.807, 2.05) is 28.8 Å². The van der Waals surface area contributed by atoms with Gasteiger partial charge >= 0.3 is 0 Å². The number of hydrogen-bond acceptors (Lipinski definition) is 4. The second kappa shape index (κ2) is 8.19. The predicted octanol–water partition coefficient (Wildman–Crippen LogP) is 3.18. The average molecular weight is 339 g/mol. The number of thioether (sulfide) groups is 1. The molecular weight excluding hydrogens is 320 g/mol. The summed E-state index contributed by atoms with van der Waals surface area (Å²) >= 11 is 7.35. The second-order valence-electron chi connectivity index (χ2n) is 5.28. The summed E-state index contributed by atoms with van der Waals surface area (Å²) in [6.45, 7) is 4.97. The van der Waals surface area contributed by atoms with Gasteiger partial charge in [0, 0.05) is 11.6 Å². The molecule has 118 valence electrons. The minimum atomic E-state index is 0.00583. The van der Waals surface area contributed by atoms with Gasteiger partial charge in [-0.05, 0) is 30.5 Å². The van der Waals surface area contributed by atoms with Crippen LogP contribution < -0.4 is 5.32 Å². The van der Waals surface area contributed by atoms with Gasteiger partial charge in [0.25, 0.3) is 0 Å². The standard InChI is InChI=1S/C15H19ClN4OS/c1-11(2)6-7-17-14(21)9-22-15-19-18-10-20(15)13-5-3-4-12(16)8-13/h3-5,8,10-11H,6-7,9H2,1-2H3,(H,17,21). The summed E-state index contributed by atoms with van der Waals surface area (Å²) in [7, 11) is 0.